The molecule has 0 fully saturated rings. The van der Waals surface area contributed by atoms with Gasteiger partial charge in [-0.1, -0.05) is 65.0 Å². The summed E-state index contributed by atoms with van der Waals surface area (Å²) in [5, 5.41) is 9.17. The van der Waals surface area contributed by atoms with Gasteiger partial charge in [0.1, 0.15) is 17.7 Å². The Hall–Kier alpha value is -3.56. The third-order valence-electron chi connectivity index (χ3n) is 7.30. The van der Waals surface area contributed by atoms with Crippen LogP contribution in [0.4, 0.5) is 8.78 Å². The molecule has 0 bridgehead atoms. The van der Waals surface area contributed by atoms with Gasteiger partial charge >= 0.3 is 0 Å². The van der Waals surface area contributed by atoms with Crippen molar-refractivity contribution in [3.05, 3.63) is 83.7 Å². The van der Waals surface area contributed by atoms with Gasteiger partial charge in [0.2, 0.25) is 11.8 Å². The third kappa shape index (κ3) is 8.97. The molecule has 0 radical (unpaired) electrons. The van der Waals surface area contributed by atoms with E-state index in [9.17, 15) is 18.4 Å². The van der Waals surface area contributed by atoms with Crippen LogP contribution in [0.2, 0.25) is 0 Å². The Morgan fingerprint density at radius 2 is 1.64 bits per heavy atom. The van der Waals surface area contributed by atoms with Crippen LogP contribution in [0.3, 0.4) is 0 Å². The minimum atomic E-state index is -0.694. The van der Waals surface area contributed by atoms with Crippen molar-refractivity contribution in [1.29, 1.82) is 0 Å². The highest BCUT2D eigenvalue weighted by Gasteiger charge is 2.29. The Balaban J connectivity index is 1.72. The van der Waals surface area contributed by atoms with Gasteiger partial charge in [-0.3, -0.25) is 9.59 Å². The topological polar surface area (TPSA) is 101 Å². The summed E-state index contributed by atoms with van der Waals surface area (Å²) in [5.74, 6) is -1.62. The summed E-state index contributed by atoms with van der Waals surface area (Å²) in [5.41, 5.74) is 8.52. The number of hydrogen-bond donors (Lipinski definition) is 4. The van der Waals surface area contributed by atoms with Crippen molar-refractivity contribution in [1.82, 2.24) is 20.5 Å². The fourth-order valence-corrected chi connectivity index (χ4v) is 4.79. The summed E-state index contributed by atoms with van der Waals surface area (Å²) >= 11 is 0. The molecule has 0 saturated heterocycles. The molecule has 0 aliphatic carbocycles. The van der Waals surface area contributed by atoms with E-state index in [4.69, 9.17) is 5.73 Å². The van der Waals surface area contributed by atoms with Crippen LogP contribution in [-0.4, -0.2) is 41.6 Å². The molecule has 1 heterocycles. The number of rotatable bonds is 13. The lowest BCUT2D eigenvalue weighted by atomic mass is 9.84. The summed E-state index contributed by atoms with van der Waals surface area (Å²) in [6.07, 6.45) is 2.52. The number of amides is 2. The van der Waals surface area contributed by atoms with Gasteiger partial charge in [0.25, 0.3) is 0 Å². The highest BCUT2D eigenvalue weighted by Crippen LogP contribution is 2.37. The van der Waals surface area contributed by atoms with Gasteiger partial charge in [0.15, 0.2) is 0 Å². The van der Waals surface area contributed by atoms with Gasteiger partial charge in [0.05, 0.1) is 12.1 Å². The van der Waals surface area contributed by atoms with E-state index >= 15 is 0 Å². The van der Waals surface area contributed by atoms with Gasteiger partial charge in [-0.15, -0.1) is 0 Å². The van der Waals surface area contributed by atoms with Crippen LogP contribution in [0.5, 0.6) is 0 Å². The molecular formula is C33H45F2N5O2. The molecular weight excluding hydrogens is 536 g/mol. The summed E-state index contributed by atoms with van der Waals surface area (Å²) in [6.45, 7) is 13.3. The molecule has 0 aliphatic heterocycles. The fraction of sp³-hybridized carbons (Fsp3) is 0.455. The SMILES string of the molecule is CC(C)[C@H](N)C(=O)N[C@@H](C)C(=O)NCCCN[C@@H](c1cc(-c2cc(F)ccc2F)cn1Cc1ccccc1)C(C)(C)C. The highest BCUT2D eigenvalue weighted by molar-refractivity contribution is 5.89. The number of nitrogens with zero attached hydrogens (tertiary/aromatic N) is 1. The van der Waals surface area contributed by atoms with Crippen molar-refractivity contribution in [3.63, 3.8) is 0 Å². The average Bonchev–Trinajstić information content (AvgIpc) is 3.33. The number of nitrogens with one attached hydrogen (secondary N) is 3. The minimum Gasteiger partial charge on any atom is -0.354 e. The number of carbonyl (C=O) groups is 2. The van der Waals surface area contributed by atoms with Crippen molar-refractivity contribution in [2.45, 2.75) is 72.6 Å². The minimum absolute atomic E-state index is 0.0279. The first-order chi connectivity index (χ1) is 19.8. The quantitative estimate of drug-likeness (QED) is 0.210. The van der Waals surface area contributed by atoms with Crippen LogP contribution in [0.25, 0.3) is 11.1 Å². The summed E-state index contributed by atoms with van der Waals surface area (Å²) in [4.78, 5) is 24.7. The summed E-state index contributed by atoms with van der Waals surface area (Å²) in [6, 6.07) is 13.9. The lowest BCUT2D eigenvalue weighted by Gasteiger charge is -2.33. The zero-order valence-electron chi connectivity index (χ0n) is 25.5. The van der Waals surface area contributed by atoms with Crippen molar-refractivity contribution >= 4 is 11.8 Å². The summed E-state index contributed by atoms with van der Waals surface area (Å²) < 4.78 is 30.9. The zero-order valence-corrected chi connectivity index (χ0v) is 25.5. The standard InChI is InChI=1S/C33H45F2N5O2/c1-21(2)29(36)32(42)39-22(3)31(41)38-16-10-15-37-30(33(4,5)6)28-17-24(26-18-25(34)13-14-27(26)35)20-40(28)19-23-11-8-7-9-12-23/h7-9,11-14,17-18,20-22,29-30,37H,10,15-16,19,36H2,1-6H3,(H,38,41)(H,39,42)/t22-,29-,30-/m0/s1. The van der Waals surface area contributed by atoms with Crippen molar-refractivity contribution in [2.75, 3.05) is 13.1 Å². The number of carbonyl (C=O) groups excluding carboxylic acids is 2. The van der Waals surface area contributed by atoms with E-state index in [1.807, 2.05) is 56.4 Å². The Morgan fingerprint density at radius 1 is 0.952 bits per heavy atom. The molecule has 0 saturated carbocycles. The van der Waals surface area contributed by atoms with Gasteiger partial charge in [-0.2, -0.15) is 0 Å². The molecule has 0 spiro atoms. The molecule has 5 N–H and O–H groups in total. The van der Waals surface area contributed by atoms with Crippen molar-refractivity contribution < 1.29 is 18.4 Å². The van der Waals surface area contributed by atoms with E-state index in [2.05, 4.69) is 41.3 Å². The van der Waals surface area contributed by atoms with Gasteiger partial charge in [-0.25, -0.2) is 8.78 Å². The van der Waals surface area contributed by atoms with E-state index in [1.54, 1.807) is 6.92 Å². The zero-order chi connectivity index (χ0) is 31.0. The fourth-order valence-electron chi connectivity index (χ4n) is 4.79. The molecule has 7 nitrogen and oxygen atoms in total. The second kappa shape index (κ2) is 14.6. The number of hydrogen-bond acceptors (Lipinski definition) is 4. The predicted octanol–water partition coefficient (Wildman–Crippen LogP) is 5.15. The monoisotopic (exact) mass is 581 g/mol. The molecule has 9 heteroatoms. The maximum Gasteiger partial charge on any atom is 0.242 e. The first kappa shape index (κ1) is 32.9. The molecule has 3 atom stereocenters. The Labute approximate surface area is 248 Å². The van der Waals surface area contributed by atoms with Gasteiger partial charge in [0, 0.05) is 36.1 Å². The normalized spacial score (nSPS) is 14.0. The maximum absolute atomic E-state index is 14.8. The largest absolute Gasteiger partial charge is 0.354 e. The van der Waals surface area contributed by atoms with Crippen LogP contribution in [0, 0.1) is 23.0 Å². The van der Waals surface area contributed by atoms with Crippen LogP contribution in [-0.2, 0) is 16.1 Å². The Kier molecular flexibility index (Phi) is 11.4. The van der Waals surface area contributed by atoms with Gasteiger partial charge < -0.3 is 26.3 Å². The average molecular weight is 582 g/mol. The number of nitrogens with two attached hydrogens (primary N) is 1. The second-order valence-electron chi connectivity index (χ2n) is 12.3. The van der Waals surface area contributed by atoms with Crippen molar-refractivity contribution in [2.24, 2.45) is 17.1 Å². The molecule has 0 aliphatic rings. The van der Waals surface area contributed by atoms with Crippen molar-refractivity contribution in [3.8, 4) is 11.1 Å². The van der Waals surface area contributed by atoms with Crippen LogP contribution < -0.4 is 21.7 Å². The molecule has 228 valence electrons. The Morgan fingerprint density at radius 3 is 2.29 bits per heavy atom. The van der Waals surface area contributed by atoms with E-state index < -0.39 is 23.7 Å². The lowest BCUT2D eigenvalue weighted by Crippen LogP contribution is -2.51. The van der Waals surface area contributed by atoms with Crippen LogP contribution in [0.1, 0.15) is 65.3 Å². The van der Waals surface area contributed by atoms with E-state index in [-0.39, 0.29) is 34.8 Å². The molecule has 42 heavy (non-hydrogen) atoms. The molecule has 3 aromatic rings. The van der Waals surface area contributed by atoms with E-state index in [0.717, 1.165) is 23.4 Å². The molecule has 1 aromatic heterocycles. The first-order valence-electron chi connectivity index (χ1n) is 14.5. The molecule has 2 amide bonds. The number of benzene rings is 2. The molecule has 3 rings (SSSR count). The highest BCUT2D eigenvalue weighted by atomic mass is 19.1. The van der Waals surface area contributed by atoms with E-state index in [1.165, 1.54) is 6.07 Å². The molecule has 0 unspecified atom stereocenters. The third-order valence-corrected chi connectivity index (χ3v) is 7.30. The smallest absolute Gasteiger partial charge is 0.242 e. The second-order valence-corrected chi connectivity index (χ2v) is 12.3. The van der Waals surface area contributed by atoms with E-state index in [0.29, 0.717) is 31.6 Å². The predicted molar refractivity (Wildman–Crippen MR) is 164 cm³/mol. The lowest BCUT2D eigenvalue weighted by molar-refractivity contribution is -0.129. The number of halogens is 2. The number of aromatic nitrogens is 1. The molecule has 2 aromatic carbocycles. The summed E-state index contributed by atoms with van der Waals surface area (Å²) in [7, 11) is 0. The van der Waals surface area contributed by atoms with Crippen LogP contribution >= 0.6 is 0 Å². The first-order valence-corrected chi connectivity index (χ1v) is 14.5. The van der Waals surface area contributed by atoms with Crippen LogP contribution in [0.15, 0.2) is 60.8 Å². The maximum atomic E-state index is 14.8. The Bertz CT molecular complexity index is 1330. The van der Waals surface area contributed by atoms with Gasteiger partial charge in [-0.05, 0) is 61.1 Å².